The van der Waals surface area contributed by atoms with E-state index in [1.54, 1.807) is 0 Å². The second kappa shape index (κ2) is 5.19. The highest BCUT2D eigenvalue weighted by molar-refractivity contribution is 9.10. The van der Waals surface area contributed by atoms with Gasteiger partial charge in [-0.2, -0.15) is 0 Å². The fourth-order valence-corrected chi connectivity index (χ4v) is 4.26. The zero-order valence-corrected chi connectivity index (χ0v) is 16.2. The minimum absolute atomic E-state index is 0.0894. The van der Waals surface area contributed by atoms with Gasteiger partial charge in [-0.3, -0.25) is 4.99 Å². The van der Waals surface area contributed by atoms with Crippen molar-refractivity contribution in [2.45, 2.75) is 51.7 Å². The molecule has 0 atom stereocenters. The molecule has 0 fully saturated rings. The number of nitrogens with zero attached hydrogens (tertiary/aromatic N) is 1. The maximum absolute atomic E-state index is 6.16. The predicted molar refractivity (Wildman–Crippen MR) is 102 cm³/mol. The summed E-state index contributed by atoms with van der Waals surface area (Å²) in [6, 6.07) is 12.8. The molecule has 2 aliphatic heterocycles. The van der Waals surface area contributed by atoms with Gasteiger partial charge in [-0.05, 0) is 57.9 Å². The van der Waals surface area contributed by atoms with Crippen LogP contribution in [0.25, 0.3) is 0 Å². The maximum Gasteiger partial charge on any atom is 0.124 e. The first-order valence-electron chi connectivity index (χ1n) is 8.44. The Kier molecular flexibility index (Phi) is 3.44. The molecule has 2 aliphatic rings. The SMILES string of the molecule is CC1(C)Cc2ccc3c(c2C(c2cccc(Br)c2)=N1)CC(C)(C)O3. The number of fused-ring (bicyclic) bond motifs is 3. The highest BCUT2D eigenvalue weighted by atomic mass is 79.9. The van der Waals surface area contributed by atoms with Crippen LogP contribution in [-0.2, 0) is 12.8 Å². The Morgan fingerprint density at radius 1 is 1.04 bits per heavy atom. The summed E-state index contributed by atoms with van der Waals surface area (Å²) in [6.07, 6.45) is 1.90. The van der Waals surface area contributed by atoms with Crippen molar-refractivity contribution in [3.63, 3.8) is 0 Å². The molecule has 24 heavy (non-hydrogen) atoms. The molecule has 0 saturated carbocycles. The van der Waals surface area contributed by atoms with Gasteiger partial charge in [-0.15, -0.1) is 0 Å². The van der Waals surface area contributed by atoms with E-state index in [1.165, 1.54) is 16.7 Å². The summed E-state index contributed by atoms with van der Waals surface area (Å²) < 4.78 is 7.24. The fraction of sp³-hybridized carbons (Fsp3) is 0.381. The van der Waals surface area contributed by atoms with Gasteiger partial charge in [-0.25, -0.2) is 0 Å². The van der Waals surface area contributed by atoms with Gasteiger partial charge in [-0.1, -0.05) is 34.1 Å². The first-order chi connectivity index (χ1) is 11.2. The molecule has 4 rings (SSSR count). The normalized spacial score (nSPS) is 20.0. The van der Waals surface area contributed by atoms with Crippen LogP contribution in [0.15, 0.2) is 45.9 Å². The molecular formula is C21H22BrNO. The molecule has 0 saturated heterocycles. The summed E-state index contributed by atoms with van der Waals surface area (Å²) in [6.45, 7) is 8.73. The van der Waals surface area contributed by atoms with Crippen LogP contribution >= 0.6 is 15.9 Å². The van der Waals surface area contributed by atoms with Crippen molar-refractivity contribution in [2.75, 3.05) is 0 Å². The van der Waals surface area contributed by atoms with E-state index in [4.69, 9.17) is 9.73 Å². The minimum Gasteiger partial charge on any atom is -0.487 e. The molecule has 2 aromatic carbocycles. The number of benzene rings is 2. The average molecular weight is 384 g/mol. The van der Waals surface area contributed by atoms with E-state index in [1.807, 2.05) is 0 Å². The maximum atomic E-state index is 6.16. The first-order valence-corrected chi connectivity index (χ1v) is 9.23. The highest BCUT2D eigenvalue weighted by Gasteiger charge is 2.37. The van der Waals surface area contributed by atoms with Crippen LogP contribution in [0.4, 0.5) is 0 Å². The van der Waals surface area contributed by atoms with Crippen molar-refractivity contribution in [1.29, 1.82) is 0 Å². The van der Waals surface area contributed by atoms with E-state index in [0.717, 1.165) is 34.3 Å². The largest absolute Gasteiger partial charge is 0.487 e. The Morgan fingerprint density at radius 3 is 2.58 bits per heavy atom. The number of halogens is 1. The zero-order valence-electron chi connectivity index (χ0n) is 14.6. The third kappa shape index (κ3) is 2.69. The minimum atomic E-state index is -0.146. The summed E-state index contributed by atoms with van der Waals surface area (Å²) in [4.78, 5) is 5.13. The van der Waals surface area contributed by atoms with Crippen LogP contribution in [0.5, 0.6) is 5.75 Å². The summed E-state index contributed by atoms with van der Waals surface area (Å²) >= 11 is 3.60. The van der Waals surface area contributed by atoms with E-state index in [2.05, 4.69) is 80.0 Å². The van der Waals surface area contributed by atoms with Gasteiger partial charge >= 0.3 is 0 Å². The molecule has 0 spiro atoms. The number of hydrogen-bond acceptors (Lipinski definition) is 2. The predicted octanol–water partition coefficient (Wildman–Crippen LogP) is 5.33. The van der Waals surface area contributed by atoms with Gasteiger partial charge in [0.2, 0.25) is 0 Å². The molecule has 3 heteroatoms. The smallest absolute Gasteiger partial charge is 0.124 e. The third-order valence-corrected chi connectivity index (χ3v) is 5.21. The summed E-state index contributed by atoms with van der Waals surface area (Å²) in [5.74, 6) is 1.01. The molecule has 0 bridgehead atoms. The standard InChI is InChI=1S/C21H22BrNO/c1-20(2)11-14-8-9-17-16(12-21(3,4)24-17)18(14)19(23-20)13-6-5-7-15(22)10-13/h5-10H,11-12H2,1-4H3. The van der Waals surface area contributed by atoms with Gasteiger partial charge in [0, 0.05) is 27.6 Å². The van der Waals surface area contributed by atoms with Crippen LogP contribution in [0.2, 0.25) is 0 Å². The molecule has 2 aromatic rings. The molecule has 0 aliphatic carbocycles. The number of aliphatic imine (C=N–C) groups is 1. The fourth-order valence-electron chi connectivity index (χ4n) is 3.86. The number of hydrogen-bond donors (Lipinski definition) is 0. The molecular weight excluding hydrogens is 362 g/mol. The molecule has 124 valence electrons. The Morgan fingerprint density at radius 2 is 1.83 bits per heavy atom. The molecule has 0 radical (unpaired) electrons. The van der Waals surface area contributed by atoms with Crippen LogP contribution in [-0.4, -0.2) is 16.9 Å². The Labute approximate surface area is 152 Å². The molecule has 0 N–H and O–H groups in total. The van der Waals surface area contributed by atoms with Gasteiger partial charge in [0.25, 0.3) is 0 Å². The number of rotatable bonds is 1. The lowest BCUT2D eigenvalue weighted by atomic mass is 9.81. The lowest BCUT2D eigenvalue weighted by molar-refractivity contribution is 0.138. The Balaban J connectivity index is 1.96. The van der Waals surface area contributed by atoms with E-state index in [-0.39, 0.29) is 11.1 Å². The summed E-state index contributed by atoms with van der Waals surface area (Å²) in [5, 5.41) is 0. The van der Waals surface area contributed by atoms with Crippen LogP contribution in [0.1, 0.15) is 49.9 Å². The Hall–Kier alpha value is -1.61. The molecule has 0 aromatic heterocycles. The van der Waals surface area contributed by atoms with Crippen molar-refractivity contribution in [1.82, 2.24) is 0 Å². The van der Waals surface area contributed by atoms with Gasteiger partial charge in [0.05, 0.1) is 11.3 Å². The second-order valence-electron chi connectivity index (χ2n) is 8.07. The molecule has 0 unspecified atom stereocenters. The highest BCUT2D eigenvalue weighted by Crippen LogP contribution is 2.42. The Bertz CT molecular complexity index is 864. The van der Waals surface area contributed by atoms with Gasteiger partial charge in [0.1, 0.15) is 11.4 Å². The monoisotopic (exact) mass is 383 g/mol. The van der Waals surface area contributed by atoms with Crippen molar-refractivity contribution in [3.05, 3.63) is 63.1 Å². The average Bonchev–Trinajstić information content (AvgIpc) is 2.79. The van der Waals surface area contributed by atoms with Crippen LogP contribution in [0.3, 0.4) is 0 Å². The van der Waals surface area contributed by atoms with Gasteiger partial charge in [0.15, 0.2) is 0 Å². The lowest BCUT2D eigenvalue weighted by Crippen LogP contribution is -2.30. The molecule has 2 nitrogen and oxygen atoms in total. The van der Waals surface area contributed by atoms with E-state index < -0.39 is 0 Å². The van der Waals surface area contributed by atoms with Crippen molar-refractivity contribution in [2.24, 2.45) is 4.99 Å². The summed E-state index contributed by atoms with van der Waals surface area (Å²) in [7, 11) is 0. The topological polar surface area (TPSA) is 21.6 Å². The van der Waals surface area contributed by atoms with Crippen LogP contribution in [0, 0.1) is 0 Å². The van der Waals surface area contributed by atoms with Crippen molar-refractivity contribution < 1.29 is 4.74 Å². The zero-order chi connectivity index (χ0) is 17.1. The quantitative estimate of drug-likeness (QED) is 0.651. The third-order valence-electron chi connectivity index (χ3n) is 4.72. The molecule has 2 heterocycles. The number of ether oxygens (including phenoxy) is 1. The summed E-state index contributed by atoms with van der Waals surface area (Å²) in [5.41, 5.74) is 6.00. The van der Waals surface area contributed by atoms with E-state index >= 15 is 0 Å². The first kappa shape index (κ1) is 15.9. The second-order valence-corrected chi connectivity index (χ2v) is 8.99. The van der Waals surface area contributed by atoms with E-state index in [9.17, 15) is 0 Å². The molecule has 0 amide bonds. The van der Waals surface area contributed by atoms with Crippen molar-refractivity contribution in [3.8, 4) is 5.75 Å². The lowest BCUT2D eigenvalue weighted by Gasteiger charge is -2.30. The van der Waals surface area contributed by atoms with E-state index in [0.29, 0.717) is 0 Å². The van der Waals surface area contributed by atoms with Crippen LogP contribution < -0.4 is 4.74 Å². The van der Waals surface area contributed by atoms with Crippen molar-refractivity contribution >= 4 is 21.6 Å². The van der Waals surface area contributed by atoms with Gasteiger partial charge < -0.3 is 4.74 Å².